The Hall–Kier alpha value is -0.420. The van der Waals surface area contributed by atoms with Crippen molar-refractivity contribution in [2.24, 2.45) is 0 Å². The molecule has 1 N–H and O–H groups in total. The molecule has 110 valence electrons. The van der Waals surface area contributed by atoms with Crippen LogP contribution in [0.25, 0.3) is 0 Å². The van der Waals surface area contributed by atoms with Gasteiger partial charge < -0.3 is 19.3 Å². The molecule has 1 heterocycles. The van der Waals surface area contributed by atoms with Crippen LogP contribution in [-0.4, -0.2) is 49.8 Å². The highest BCUT2D eigenvalue weighted by Crippen LogP contribution is 2.17. The van der Waals surface area contributed by atoms with Crippen molar-refractivity contribution >= 4 is 0 Å². The summed E-state index contributed by atoms with van der Waals surface area (Å²) >= 11 is 0. The molecule has 0 radical (unpaired) electrons. The summed E-state index contributed by atoms with van der Waals surface area (Å²) in [6.45, 7) is 1.63. The average molecular weight is 270 g/mol. The Morgan fingerprint density at radius 1 is 1.00 bits per heavy atom. The van der Waals surface area contributed by atoms with Gasteiger partial charge in [-0.15, -0.1) is 0 Å². The number of allylic oxidation sites excluding steroid dienone is 2. The quantitative estimate of drug-likeness (QED) is 0.794. The standard InChI is InChI=1S/C15H26O4/c16-9-14-10-19-15(12-18-14)11-17-13-7-5-3-1-2-4-6-8-13/h1,3,13-16H,2,4-12H2/b3-1-. The Morgan fingerprint density at radius 2 is 1.79 bits per heavy atom. The van der Waals surface area contributed by atoms with Gasteiger partial charge in [-0.1, -0.05) is 18.6 Å². The first-order valence-electron chi connectivity index (χ1n) is 7.49. The predicted molar refractivity (Wildman–Crippen MR) is 73.1 cm³/mol. The maximum Gasteiger partial charge on any atom is 0.104 e. The molecule has 4 heteroatoms. The van der Waals surface area contributed by atoms with Crippen molar-refractivity contribution in [3.05, 3.63) is 12.2 Å². The lowest BCUT2D eigenvalue weighted by molar-refractivity contribution is -0.167. The SMILES string of the molecule is OCC1COC(COC2CC/C=C\CCCC2)CO1. The van der Waals surface area contributed by atoms with E-state index < -0.39 is 0 Å². The van der Waals surface area contributed by atoms with Gasteiger partial charge in [-0.2, -0.15) is 0 Å². The number of ether oxygens (including phenoxy) is 3. The van der Waals surface area contributed by atoms with E-state index in [0.29, 0.717) is 25.9 Å². The van der Waals surface area contributed by atoms with Crippen molar-refractivity contribution in [2.75, 3.05) is 26.4 Å². The van der Waals surface area contributed by atoms with Crippen molar-refractivity contribution in [1.82, 2.24) is 0 Å². The number of rotatable bonds is 4. The first kappa shape index (κ1) is 15.0. The van der Waals surface area contributed by atoms with E-state index in [1.165, 1.54) is 19.3 Å². The van der Waals surface area contributed by atoms with Gasteiger partial charge in [0.05, 0.1) is 32.5 Å². The lowest BCUT2D eigenvalue weighted by atomic mass is 10.1. The zero-order valence-electron chi connectivity index (χ0n) is 11.6. The summed E-state index contributed by atoms with van der Waals surface area (Å²) in [5, 5.41) is 8.95. The van der Waals surface area contributed by atoms with Gasteiger partial charge in [0.25, 0.3) is 0 Å². The van der Waals surface area contributed by atoms with Crippen LogP contribution in [0, 0.1) is 0 Å². The number of hydrogen-bond donors (Lipinski definition) is 1. The molecule has 1 aliphatic carbocycles. The Morgan fingerprint density at radius 3 is 2.58 bits per heavy atom. The highest BCUT2D eigenvalue weighted by atomic mass is 16.6. The highest BCUT2D eigenvalue weighted by molar-refractivity contribution is 4.84. The molecular formula is C15H26O4. The lowest BCUT2D eigenvalue weighted by Crippen LogP contribution is -2.40. The van der Waals surface area contributed by atoms with E-state index in [1.54, 1.807) is 0 Å². The monoisotopic (exact) mass is 270 g/mol. The van der Waals surface area contributed by atoms with E-state index in [0.717, 1.165) is 19.3 Å². The highest BCUT2D eigenvalue weighted by Gasteiger charge is 2.22. The van der Waals surface area contributed by atoms with Crippen LogP contribution in [0.4, 0.5) is 0 Å². The molecule has 19 heavy (non-hydrogen) atoms. The Balaban J connectivity index is 1.65. The van der Waals surface area contributed by atoms with Gasteiger partial charge in [0, 0.05) is 0 Å². The average Bonchev–Trinajstić information content (AvgIpc) is 2.59. The van der Waals surface area contributed by atoms with Gasteiger partial charge >= 0.3 is 0 Å². The molecule has 0 spiro atoms. The Labute approximate surface area is 115 Å². The molecule has 0 aromatic carbocycles. The molecule has 2 rings (SSSR count). The maximum atomic E-state index is 8.95. The van der Waals surface area contributed by atoms with E-state index in [9.17, 15) is 0 Å². The van der Waals surface area contributed by atoms with Crippen LogP contribution in [0.2, 0.25) is 0 Å². The molecule has 2 aliphatic rings. The van der Waals surface area contributed by atoms with Crippen molar-refractivity contribution in [3.63, 3.8) is 0 Å². The third-order valence-corrected chi connectivity index (χ3v) is 3.73. The van der Waals surface area contributed by atoms with Gasteiger partial charge in [0.2, 0.25) is 0 Å². The Bertz CT molecular complexity index is 259. The smallest absolute Gasteiger partial charge is 0.104 e. The summed E-state index contributed by atoms with van der Waals surface area (Å²) in [6, 6.07) is 0. The molecule has 0 saturated carbocycles. The van der Waals surface area contributed by atoms with Crippen molar-refractivity contribution in [2.45, 2.75) is 56.8 Å². The van der Waals surface area contributed by atoms with E-state index >= 15 is 0 Å². The molecule has 0 aromatic heterocycles. The molecule has 3 atom stereocenters. The summed E-state index contributed by atoms with van der Waals surface area (Å²) < 4.78 is 17.1. The fourth-order valence-electron chi connectivity index (χ4n) is 2.49. The number of aliphatic hydroxyl groups excluding tert-OH is 1. The minimum atomic E-state index is -0.161. The van der Waals surface area contributed by atoms with E-state index in [1.807, 2.05) is 0 Å². The second-order valence-corrected chi connectivity index (χ2v) is 5.38. The van der Waals surface area contributed by atoms with Crippen LogP contribution in [0.1, 0.15) is 38.5 Å². The molecule has 0 bridgehead atoms. The number of hydrogen-bond acceptors (Lipinski definition) is 4. The van der Waals surface area contributed by atoms with Crippen LogP contribution < -0.4 is 0 Å². The Kier molecular flexibility index (Phi) is 6.85. The molecule has 3 unspecified atom stereocenters. The molecular weight excluding hydrogens is 244 g/mol. The summed E-state index contributed by atoms with van der Waals surface area (Å²) in [5.74, 6) is 0. The minimum Gasteiger partial charge on any atom is -0.394 e. The first-order valence-corrected chi connectivity index (χ1v) is 7.49. The molecule has 0 amide bonds. The van der Waals surface area contributed by atoms with Crippen LogP contribution in [0.3, 0.4) is 0 Å². The van der Waals surface area contributed by atoms with Crippen LogP contribution >= 0.6 is 0 Å². The van der Waals surface area contributed by atoms with Gasteiger partial charge in [-0.3, -0.25) is 0 Å². The second-order valence-electron chi connectivity index (χ2n) is 5.38. The number of aliphatic hydroxyl groups is 1. The van der Waals surface area contributed by atoms with Gasteiger partial charge in [-0.25, -0.2) is 0 Å². The van der Waals surface area contributed by atoms with E-state index in [4.69, 9.17) is 19.3 Å². The maximum absolute atomic E-state index is 8.95. The van der Waals surface area contributed by atoms with Crippen LogP contribution in [0.5, 0.6) is 0 Å². The predicted octanol–water partition coefficient (Wildman–Crippen LogP) is 2.06. The lowest BCUT2D eigenvalue weighted by Gasteiger charge is -2.29. The fourth-order valence-corrected chi connectivity index (χ4v) is 2.49. The summed E-state index contributed by atoms with van der Waals surface area (Å²) in [4.78, 5) is 0. The summed E-state index contributed by atoms with van der Waals surface area (Å²) in [7, 11) is 0. The summed E-state index contributed by atoms with van der Waals surface area (Å²) in [5.41, 5.74) is 0. The minimum absolute atomic E-state index is 0.0194. The molecule has 1 fully saturated rings. The van der Waals surface area contributed by atoms with E-state index in [2.05, 4.69) is 12.2 Å². The fraction of sp³-hybridized carbons (Fsp3) is 0.867. The topological polar surface area (TPSA) is 47.9 Å². The van der Waals surface area contributed by atoms with Crippen molar-refractivity contribution in [1.29, 1.82) is 0 Å². The first-order chi connectivity index (χ1) is 9.38. The van der Waals surface area contributed by atoms with Crippen molar-refractivity contribution < 1.29 is 19.3 Å². The van der Waals surface area contributed by atoms with Gasteiger partial charge in [0.1, 0.15) is 12.2 Å². The zero-order valence-corrected chi connectivity index (χ0v) is 11.6. The van der Waals surface area contributed by atoms with Crippen molar-refractivity contribution in [3.8, 4) is 0 Å². The van der Waals surface area contributed by atoms with Crippen LogP contribution in [0.15, 0.2) is 12.2 Å². The van der Waals surface area contributed by atoms with Gasteiger partial charge in [0.15, 0.2) is 0 Å². The third-order valence-electron chi connectivity index (χ3n) is 3.73. The molecule has 0 aromatic rings. The molecule has 1 saturated heterocycles. The van der Waals surface area contributed by atoms with E-state index in [-0.39, 0.29) is 18.8 Å². The van der Waals surface area contributed by atoms with Crippen LogP contribution in [-0.2, 0) is 14.2 Å². The zero-order chi connectivity index (χ0) is 13.3. The largest absolute Gasteiger partial charge is 0.394 e. The van der Waals surface area contributed by atoms with Gasteiger partial charge in [-0.05, 0) is 32.1 Å². The third kappa shape index (κ3) is 5.61. The normalized spacial score (nSPS) is 35.1. The molecule has 1 aliphatic heterocycles. The summed E-state index contributed by atoms with van der Waals surface area (Å²) in [6.07, 6.45) is 11.8. The second kappa shape index (κ2) is 8.69. The molecule has 4 nitrogen and oxygen atoms in total.